The molecule has 0 fully saturated rings. The molecule has 0 aromatic heterocycles. The van der Waals surface area contributed by atoms with E-state index in [-0.39, 0.29) is 0 Å². The van der Waals surface area contributed by atoms with Crippen molar-refractivity contribution in [2.45, 2.75) is 25.8 Å². The molecule has 0 aliphatic carbocycles. The fourth-order valence-corrected chi connectivity index (χ4v) is 2.04. The predicted octanol–water partition coefficient (Wildman–Crippen LogP) is 2.03. The zero-order valence-electron chi connectivity index (χ0n) is 11.2. The molecule has 4 heteroatoms. The largest absolute Gasteiger partial charge is 0.496 e. The number of aliphatic carboxylic acids is 1. The molecule has 0 aliphatic rings. The van der Waals surface area contributed by atoms with Gasteiger partial charge in [-0.1, -0.05) is 25.1 Å². The van der Waals surface area contributed by atoms with E-state index in [2.05, 4.69) is 0 Å². The number of rotatable bonds is 7. The number of ether oxygens (including phenoxy) is 1. The van der Waals surface area contributed by atoms with Crippen molar-refractivity contribution in [2.24, 2.45) is 0 Å². The van der Waals surface area contributed by atoms with Crippen LogP contribution in [0.15, 0.2) is 24.3 Å². The van der Waals surface area contributed by atoms with Crippen LogP contribution in [0.3, 0.4) is 0 Å². The first kappa shape index (κ1) is 14.5. The molecule has 4 nitrogen and oxygen atoms in total. The van der Waals surface area contributed by atoms with Gasteiger partial charge in [0.05, 0.1) is 7.11 Å². The van der Waals surface area contributed by atoms with Crippen molar-refractivity contribution < 1.29 is 14.6 Å². The van der Waals surface area contributed by atoms with Crippen molar-refractivity contribution in [1.82, 2.24) is 4.90 Å². The second kappa shape index (κ2) is 7.01. The number of methoxy groups -OCH3 is 1. The van der Waals surface area contributed by atoms with E-state index in [4.69, 9.17) is 9.84 Å². The molecule has 0 aliphatic heterocycles. The monoisotopic (exact) mass is 251 g/mol. The third kappa shape index (κ3) is 3.74. The van der Waals surface area contributed by atoms with Crippen molar-refractivity contribution in [3.05, 3.63) is 29.8 Å². The lowest BCUT2D eigenvalue weighted by Crippen LogP contribution is -2.39. The molecule has 1 aromatic carbocycles. The zero-order chi connectivity index (χ0) is 13.5. The van der Waals surface area contributed by atoms with Crippen LogP contribution in [0.4, 0.5) is 0 Å². The highest BCUT2D eigenvalue weighted by Crippen LogP contribution is 2.18. The van der Waals surface area contributed by atoms with Gasteiger partial charge < -0.3 is 9.84 Å². The van der Waals surface area contributed by atoms with Gasteiger partial charge in [-0.05, 0) is 31.5 Å². The zero-order valence-corrected chi connectivity index (χ0v) is 11.2. The van der Waals surface area contributed by atoms with E-state index in [9.17, 15) is 4.79 Å². The molecular formula is C14H21NO3. The molecule has 0 unspecified atom stereocenters. The smallest absolute Gasteiger partial charge is 0.320 e. The van der Waals surface area contributed by atoms with E-state index in [0.29, 0.717) is 13.0 Å². The summed E-state index contributed by atoms with van der Waals surface area (Å²) in [4.78, 5) is 12.9. The molecule has 1 atom stereocenters. The van der Waals surface area contributed by atoms with Gasteiger partial charge in [-0.2, -0.15) is 0 Å². The molecule has 18 heavy (non-hydrogen) atoms. The number of carboxylic acids is 1. The van der Waals surface area contributed by atoms with Gasteiger partial charge >= 0.3 is 5.97 Å². The summed E-state index contributed by atoms with van der Waals surface area (Å²) in [6, 6.07) is 7.41. The van der Waals surface area contributed by atoms with Gasteiger partial charge in [-0.3, -0.25) is 9.69 Å². The van der Waals surface area contributed by atoms with Crippen LogP contribution >= 0.6 is 0 Å². The maximum atomic E-state index is 11.0. The SMILES string of the molecule is CC[C@H](C(=O)O)N(C)CCc1ccccc1OC. The van der Waals surface area contributed by atoms with Crippen molar-refractivity contribution >= 4 is 5.97 Å². The Labute approximate surface area is 108 Å². The summed E-state index contributed by atoms with van der Waals surface area (Å²) in [5.74, 6) is 0.0919. The molecule has 0 saturated carbocycles. The normalized spacial score (nSPS) is 12.4. The van der Waals surface area contributed by atoms with Crippen molar-refractivity contribution in [2.75, 3.05) is 20.7 Å². The van der Waals surface area contributed by atoms with E-state index in [0.717, 1.165) is 17.7 Å². The van der Waals surface area contributed by atoms with Crippen LogP contribution in [0, 0.1) is 0 Å². The third-order valence-corrected chi connectivity index (χ3v) is 3.13. The molecule has 1 aromatic rings. The van der Waals surface area contributed by atoms with Gasteiger partial charge in [0.25, 0.3) is 0 Å². The number of carbonyl (C=O) groups is 1. The highest BCUT2D eigenvalue weighted by atomic mass is 16.5. The molecule has 0 spiro atoms. The minimum Gasteiger partial charge on any atom is -0.496 e. The Hall–Kier alpha value is -1.55. The number of hydrogen-bond acceptors (Lipinski definition) is 3. The van der Waals surface area contributed by atoms with E-state index in [1.807, 2.05) is 43.1 Å². The second-order valence-corrected chi connectivity index (χ2v) is 4.30. The first-order valence-electron chi connectivity index (χ1n) is 6.15. The van der Waals surface area contributed by atoms with Crippen LogP contribution < -0.4 is 4.74 Å². The van der Waals surface area contributed by atoms with Gasteiger partial charge in [0.1, 0.15) is 11.8 Å². The Kier molecular flexibility index (Phi) is 5.65. The highest BCUT2D eigenvalue weighted by Gasteiger charge is 2.20. The topological polar surface area (TPSA) is 49.8 Å². The van der Waals surface area contributed by atoms with Crippen LogP contribution in [-0.4, -0.2) is 42.7 Å². The minimum absolute atomic E-state index is 0.417. The summed E-state index contributed by atoms with van der Waals surface area (Å²) in [7, 11) is 3.49. The van der Waals surface area contributed by atoms with Crippen molar-refractivity contribution in [1.29, 1.82) is 0 Å². The van der Waals surface area contributed by atoms with E-state index in [1.165, 1.54) is 0 Å². The molecule has 1 N–H and O–H groups in total. The van der Waals surface area contributed by atoms with Crippen LogP contribution in [0.25, 0.3) is 0 Å². The number of benzene rings is 1. The van der Waals surface area contributed by atoms with E-state index in [1.54, 1.807) is 7.11 Å². The van der Waals surface area contributed by atoms with Crippen LogP contribution in [-0.2, 0) is 11.2 Å². The van der Waals surface area contributed by atoms with Gasteiger partial charge in [0.2, 0.25) is 0 Å². The van der Waals surface area contributed by atoms with Crippen LogP contribution in [0.1, 0.15) is 18.9 Å². The standard InChI is InChI=1S/C14H21NO3/c1-4-12(14(16)17)15(2)10-9-11-7-5-6-8-13(11)18-3/h5-8,12H,4,9-10H2,1-3H3,(H,16,17)/t12-/m1/s1. The summed E-state index contributed by atoms with van der Waals surface area (Å²) in [6.07, 6.45) is 1.39. The first-order valence-corrected chi connectivity index (χ1v) is 6.15. The summed E-state index contributed by atoms with van der Waals surface area (Å²) in [5, 5.41) is 9.08. The summed E-state index contributed by atoms with van der Waals surface area (Å²) < 4.78 is 5.28. The molecule has 100 valence electrons. The average Bonchev–Trinajstić information content (AvgIpc) is 2.37. The van der Waals surface area contributed by atoms with Crippen LogP contribution in [0.5, 0.6) is 5.75 Å². The quantitative estimate of drug-likeness (QED) is 0.805. The predicted molar refractivity (Wildman–Crippen MR) is 71.0 cm³/mol. The van der Waals surface area contributed by atoms with E-state index < -0.39 is 12.0 Å². The molecule has 0 heterocycles. The number of carboxylic acid groups (broad SMARTS) is 1. The Morgan fingerprint density at radius 1 is 1.44 bits per heavy atom. The summed E-state index contributed by atoms with van der Waals surface area (Å²) in [6.45, 7) is 2.59. The Balaban J connectivity index is 2.61. The van der Waals surface area contributed by atoms with Gasteiger partial charge in [0.15, 0.2) is 0 Å². The highest BCUT2D eigenvalue weighted by molar-refractivity contribution is 5.73. The fourth-order valence-electron chi connectivity index (χ4n) is 2.04. The van der Waals surface area contributed by atoms with Gasteiger partial charge in [-0.25, -0.2) is 0 Å². The van der Waals surface area contributed by atoms with E-state index >= 15 is 0 Å². The fraction of sp³-hybridized carbons (Fsp3) is 0.500. The molecule has 0 saturated heterocycles. The Morgan fingerprint density at radius 2 is 2.11 bits per heavy atom. The Bertz CT molecular complexity index is 392. The Morgan fingerprint density at radius 3 is 2.67 bits per heavy atom. The first-order chi connectivity index (χ1) is 8.60. The molecule has 0 amide bonds. The lowest BCUT2D eigenvalue weighted by atomic mass is 10.1. The van der Waals surface area contributed by atoms with Crippen molar-refractivity contribution in [3.63, 3.8) is 0 Å². The minimum atomic E-state index is -0.764. The molecule has 0 bridgehead atoms. The maximum Gasteiger partial charge on any atom is 0.320 e. The van der Waals surface area contributed by atoms with Gasteiger partial charge in [0, 0.05) is 6.54 Å². The summed E-state index contributed by atoms with van der Waals surface area (Å²) >= 11 is 0. The second-order valence-electron chi connectivity index (χ2n) is 4.30. The lowest BCUT2D eigenvalue weighted by molar-refractivity contribution is -0.142. The molecule has 1 rings (SSSR count). The summed E-state index contributed by atoms with van der Waals surface area (Å²) in [5.41, 5.74) is 1.10. The average molecular weight is 251 g/mol. The molecular weight excluding hydrogens is 230 g/mol. The lowest BCUT2D eigenvalue weighted by Gasteiger charge is -2.23. The van der Waals surface area contributed by atoms with Crippen LogP contribution in [0.2, 0.25) is 0 Å². The number of para-hydroxylation sites is 1. The number of likely N-dealkylation sites (N-methyl/N-ethyl adjacent to an activating group) is 1. The maximum absolute atomic E-state index is 11.0. The third-order valence-electron chi connectivity index (χ3n) is 3.13. The number of nitrogens with zero attached hydrogens (tertiary/aromatic N) is 1. The molecule has 0 radical (unpaired) electrons. The number of hydrogen-bond donors (Lipinski definition) is 1. The van der Waals surface area contributed by atoms with Gasteiger partial charge in [-0.15, -0.1) is 0 Å². The van der Waals surface area contributed by atoms with Crippen molar-refractivity contribution in [3.8, 4) is 5.75 Å².